The second kappa shape index (κ2) is 37.4. The monoisotopic (exact) mass is 1840 g/mol. The van der Waals surface area contributed by atoms with E-state index in [9.17, 15) is 51.5 Å². The Bertz CT molecular complexity index is 7490. The minimum absolute atomic E-state index is 0.102. The molecule has 1 aliphatic heterocycles. The smallest absolute Gasteiger partial charge is 0.280 e. The molecule has 5 fully saturated rings. The van der Waals surface area contributed by atoms with Crippen molar-refractivity contribution in [2.24, 2.45) is 14.1 Å². The molecule has 4 saturated carbocycles. The Balaban J connectivity index is 0.000000120. The summed E-state index contributed by atoms with van der Waals surface area (Å²) in [5.41, 5.74) is 5.86. The average molecular weight is 1840 g/mol. The van der Waals surface area contributed by atoms with Crippen molar-refractivity contribution in [1.82, 2.24) is 122 Å². The Morgan fingerprint density at radius 3 is 1.07 bits per heavy atom. The summed E-state index contributed by atoms with van der Waals surface area (Å²) in [5, 5.41) is 61.2. The molecule has 16 aromatic rings. The molecule has 12 N–H and O–H groups in total. The lowest BCUT2D eigenvalue weighted by atomic mass is 10.2. The number of aromatic nitrogens is 21. The lowest BCUT2D eigenvalue weighted by molar-refractivity contribution is 0.0940. The van der Waals surface area contributed by atoms with Crippen molar-refractivity contribution in [2.45, 2.75) is 88.9 Å². The van der Waals surface area contributed by atoms with Crippen LogP contribution in [0.5, 0.6) is 0 Å². The summed E-state index contributed by atoms with van der Waals surface area (Å²) in [4.78, 5) is 127. The molecular weight excluding hydrogens is 1750 g/mol. The van der Waals surface area contributed by atoms with Gasteiger partial charge in [-0.2, -0.15) is 48.7 Å². The molecule has 21 rings (SSSR count). The number of nitrogens with zero attached hydrogens (tertiary/aromatic N) is 22. The molecule has 1 saturated heterocycles. The van der Waals surface area contributed by atoms with Gasteiger partial charge in [0.05, 0.1) is 50.1 Å². The molecular formula is C89H91F3N34O9. The number of alkyl halides is 2. The van der Waals surface area contributed by atoms with Crippen LogP contribution in [0.1, 0.15) is 91.3 Å². The van der Waals surface area contributed by atoms with Gasteiger partial charge in [0, 0.05) is 170 Å². The van der Waals surface area contributed by atoms with Crippen molar-refractivity contribution in [3.63, 3.8) is 0 Å². The van der Waals surface area contributed by atoms with Crippen molar-refractivity contribution in [2.75, 3.05) is 102 Å². The first-order valence-corrected chi connectivity index (χ1v) is 43.1. The van der Waals surface area contributed by atoms with Crippen LogP contribution in [0.15, 0.2) is 196 Å². The van der Waals surface area contributed by atoms with Crippen molar-refractivity contribution in [3.05, 3.63) is 258 Å². The molecule has 4 aliphatic carbocycles. The third-order valence-corrected chi connectivity index (χ3v) is 22.8. The molecule has 692 valence electrons. The molecule has 15 aromatic heterocycles. The molecule has 16 heterocycles. The number of benzene rings is 1. The van der Waals surface area contributed by atoms with Gasteiger partial charge in [0.2, 0.25) is 0 Å². The van der Waals surface area contributed by atoms with Crippen LogP contribution in [0.25, 0.3) is 45.7 Å². The molecule has 1 aromatic carbocycles. The van der Waals surface area contributed by atoms with Gasteiger partial charge in [-0.1, -0.05) is 0 Å². The lowest BCUT2D eigenvalue weighted by Crippen LogP contribution is -2.36. The van der Waals surface area contributed by atoms with Gasteiger partial charge in [0.1, 0.15) is 104 Å². The van der Waals surface area contributed by atoms with E-state index in [0.29, 0.717) is 118 Å². The molecule has 0 bridgehead atoms. The first kappa shape index (κ1) is 88.5. The number of anilines is 13. The standard InChI is InChI=1S/C26H27FN8O3.C21H22FN9O2.C21H19FN8O2.C21H23N9O2/c1-28-23-14-22(32-24-18(15-29-35(23)24)25(36)31-21-13-19(21)27)30-20-3-2-8-34(26(20)37)17-6-4-16(5-7-17)33-9-11-38-12-10-33;1-11-7-18(28-29(11)3)30-6-4-5-14(21(30)33)25-16-9-17(23-2)31-19(27-16)12(10-24-31)20(32)26-15-8-13(15)22;1-23-17-10-16(28-18-13(11-25-30(17)18)20(31)26-12-6-7-12)27-15-5-3-9-29(21(15)32)19-14(22)4-2-8-24-19;1-12-9-18(27-28(12)3)29-8-4-5-15(21(29)32)25-16-10-17(22-2)30-19(26-16)14(11-23-30)20(31)24-13-6-7-13/h2-8,14-15,19,21,28H,9-13H2,1H3,(H,30,32)(H,31,36);4-7,9-10,13,15,23H,8H2,1-3H3,(H,25,27)(H,26,32);2-5,8-12,23H,6-7H2,1H3,(H,26,31)(H,27,28);4-5,8-11,13,22H,6-7H2,1-3H3,(H,24,31)(H,25,26)/t19-,21+;13-,15+;;/m11../s1. The van der Waals surface area contributed by atoms with E-state index in [1.54, 1.807) is 145 Å². The van der Waals surface area contributed by atoms with Crippen LogP contribution in [-0.2, 0) is 18.8 Å². The van der Waals surface area contributed by atoms with Gasteiger partial charge < -0.3 is 73.4 Å². The number of carbonyl (C=O) groups is 4. The number of fused-ring (bicyclic) bond motifs is 4. The zero-order chi connectivity index (χ0) is 94.1. The van der Waals surface area contributed by atoms with Gasteiger partial charge in [-0.3, -0.25) is 66.0 Å². The largest absolute Gasteiger partial charge is 0.378 e. The number of halogens is 3. The van der Waals surface area contributed by atoms with Gasteiger partial charge in [0.15, 0.2) is 45.9 Å². The second-order valence-electron chi connectivity index (χ2n) is 32.3. The second-order valence-corrected chi connectivity index (χ2v) is 32.3. The Morgan fingerprint density at radius 1 is 0.415 bits per heavy atom. The highest BCUT2D eigenvalue weighted by molar-refractivity contribution is 6.03. The van der Waals surface area contributed by atoms with Crippen molar-refractivity contribution in [3.8, 4) is 23.1 Å². The van der Waals surface area contributed by atoms with Gasteiger partial charge in [-0.15, -0.1) is 0 Å². The fourth-order valence-electron chi connectivity index (χ4n) is 14.7. The highest BCUT2D eigenvalue weighted by atomic mass is 19.1. The maximum Gasteiger partial charge on any atom is 0.280 e. The molecule has 0 spiro atoms. The fourth-order valence-corrected chi connectivity index (χ4v) is 14.7. The van der Waals surface area contributed by atoms with E-state index in [-0.39, 0.29) is 80.2 Å². The SMILES string of the molecule is CNc1cc(Nc2cccn(-c3cc(C)n(C)n3)c2=O)nc2c(C(=O)NC3CC3)cnn12.CNc1cc(Nc2cccn(-c3cc(C)n(C)n3)c2=O)nc2c(C(=O)N[C@H]3C[C@H]3F)cnn12.CNc1cc(Nc2cccn(-c3ccc(N4CCOCC4)cc3)c2=O)nc2c(C(=O)N[C@H]3C[C@H]3F)cnn12.CNc1cc(Nc2cccn(-c3ncccc3F)c2=O)nc2c(C(=O)NC3CC3)cnn12. The predicted molar refractivity (Wildman–Crippen MR) is 498 cm³/mol. The molecule has 43 nitrogen and oxygen atoms in total. The topological polar surface area (TPSA) is 482 Å². The summed E-state index contributed by atoms with van der Waals surface area (Å²) in [7, 11) is 10.5. The van der Waals surface area contributed by atoms with Crippen LogP contribution >= 0.6 is 0 Å². The van der Waals surface area contributed by atoms with Crippen molar-refractivity contribution < 1.29 is 37.1 Å². The summed E-state index contributed by atoms with van der Waals surface area (Å²) in [5.74, 6) is 2.68. The number of hydrogen-bond donors (Lipinski definition) is 12. The third-order valence-electron chi connectivity index (χ3n) is 22.8. The summed E-state index contributed by atoms with van der Waals surface area (Å²) in [6.45, 7) is 6.90. The number of amides is 4. The number of aryl methyl sites for hydroxylation is 4. The third kappa shape index (κ3) is 18.9. The van der Waals surface area contributed by atoms with Gasteiger partial charge in [-0.25, -0.2) is 38.1 Å². The van der Waals surface area contributed by atoms with Crippen LogP contribution in [-0.4, -0.2) is 216 Å². The maximum atomic E-state index is 14.2. The first-order valence-electron chi connectivity index (χ1n) is 43.1. The van der Waals surface area contributed by atoms with E-state index < -0.39 is 47.6 Å². The average Bonchev–Trinajstić information content (AvgIpc) is 1.66. The number of pyridine rings is 5. The Labute approximate surface area is 763 Å². The van der Waals surface area contributed by atoms with Crippen LogP contribution in [0.4, 0.5) is 88.2 Å². The molecule has 46 heteroatoms. The Kier molecular flexibility index (Phi) is 24.5. The first-order chi connectivity index (χ1) is 65.3. The number of ether oxygens (including phenoxy) is 1. The van der Waals surface area contributed by atoms with E-state index in [1.807, 2.05) is 57.3 Å². The quantitative estimate of drug-likeness (QED) is 0.0262. The molecule has 4 amide bonds. The zero-order valence-corrected chi connectivity index (χ0v) is 73.9. The Hall–Kier alpha value is -17.1. The highest BCUT2D eigenvalue weighted by Gasteiger charge is 2.41. The van der Waals surface area contributed by atoms with Crippen LogP contribution < -0.4 is 90.9 Å². The van der Waals surface area contributed by atoms with E-state index in [0.717, 1.165) is 66.1 Å². The van der Waals surface area contributed by atoms with Gasteiger partial charge in [0.25, 0.3) is 45.9 Å². The molecule has 5 aliphatic rings. The van der Waals surface area contributed by atoms with E-state index in [2.05, 4.69) is 124 Å². The van der Waals surface area contributed by atoms with Gasteiger partial charge in [-0.05, 0) is 124 Å². The minimum atomic E-state index is -1.02. The summed E-state index contributed by atoms with van der Waals surface area (Å²) in [6.07, 6.45) is 16.1. The fraction of sp³-hybridized carbons (Fsp3) is 0.270. The number of nitrogens with one attached hydrogen (secondary N) is 12. The number of morpholine rings is 1. The number of rotatable bonds is 25. The van der Waals surface area contributed by atoms with Gasteiger partial charge >= 0.3 is 0 Å². The van der Waals surface area contributed by atoms with Crippen LogP contribution in [0.2, 0.25) is 0 Å². The molecule has 0 unspecified atom stereocenters. The number of hydrogen-bond acceptors (Lipinski definition) is 29. The molecule has 4 atom stereocenters. The van der Waals surface area contributed by atoms with Crippen molar-refractivity contribution in [1.29, 1.82) is 0 Å². The van der Waals surface area contributed by atoms with Crippen LogP contribution in [0.3, 0.4) is 0 Å². The Morgan fingerprint density at radius 2 is 0.741 bits per heavy atom. The number of carbonyl (C=O) groups excluding carboxylic acids is 4. The van der Waals surface area contributed by atoms with E-state index >= 15 is 0 Å². The zero-order valence-electron chi connectivity index (χ0n) is 73.9. The maximum absolute atomic E-state index is 14.2. The van der Waals surface area contributed by atoms with E-state index in [1.165, 1.54) is 72.0 Å². The minimum Gasteiger partial charge on any atom is -0.378 e. The normalized spacial score (nSPS) is 15.8. The van der Waals surface area contributed by atoms with E-state index in [4.69, 9.17) is 4.74 Å². The summed E-state index contributed by atoms with van der Waals surface area (Å²) in [6, 6.07) is 33.8. The lowest BCUT2D eigenvalue weighted by Gasteiger charge is -2.29. The summed E-state index contributed by atoms with van der Waals surface area (Å²) >= 11 is 0. The highest BCUT2D eigenvalue weighted by Crippen LogP contribution is 2.32. The van der Waals surface area contributed by atoms with Crippen molar-refractivity contribution >= 4 is 121 Å². The molecule has 135 heavy (non-hydrogen) atoms. The van der Waals surface area contributed by atoms with Crippen LogP contribution in [0, 0.1) is 19.7 Å². The molecule has 0 radical (unpaired) electrons. The summed E-state index contributed by atoms with van der Waals surface area (Å²) < 4.78 is 61.1. The predicted octanol–water partition coefficient (Wildman–Crippen LogP) is 7.58.